The van der Waals surface area contributed by atoms with Gasteiger partial charge in [0.05, 0.1) is 16.7 Å². The molecule has 0 amide bonds. The maximum Gasteiger partial charge on any atom is 0.329 e. The molecule has 6 nitrogen and oxygen atoms in total. The van der Waals surface area contributed by atoms with Gasteiger partial charge in [0.25, 0.3) is 0 Å². The fourth-order valence-corrected chi connectivity index (χ4v) is 3.96. The number of imidazole rings is 1. The maximum atomic E-state index is 12.7. The summed E-state index contributed by atoms with van der Waals surface area (Å²) < 4.78 is 9.01. The molecule has 0 N–H and O–H groups in total. The zero-order chi connectivity index (χ0) is 17.6. The number of hydrogen-bond acceptors (Lipinski definition) is 4. The Morgan fingerprint density at radius 2 is 1.84 bits per heavy atom. The van der Waals surface area contributed by atoms with Crippen LogP contribution in [-0.2, 0) is 13.6 Å². The van der Waals surface area contributed by atoms with Crippen LogP contribution in [0.5, 0.6) is 0 Å². The van der Waals surface area contributed by atoms with E-state index in [-0.39, 0.29) is 11.7 Å². The van der Waals surface area contributed by atoms with Crippen molar-refractivity contribution in [1.82, 2.24) is 19.2 Å². The summed E-state index contributed by atoms with van der Waals surface area (Å²) in [6, 6.07) is 8.32. The van der Waals surface area contributed by atoms with Crippen LogP contribution in [-0.4, -0.2) is 32.3 Å². The number of aromatic nitrogens is 3. The lowest BCUT2D eigenvalue weighted by Crippen LogP contribution is -2.37. The van der Waals surface area contributed by atoms with E-state index >= 15 is 0 Å². The molecule has 0 radical (unpaired) electrons. The molecule has 1 aliphatic heterocycles. The number of nitrogens with zero attached hydrogens (tertiary/aromatic N) is 4. The van der Waals surface area contributed by atoms with Crippen LogP contribution < -0.4 is 5.69 Å². The van der Waals surface area contributed by atoms with Gasteiger partial charge < -0.3 is 4.52 Å². The highest BCUT2D eigenvalue weighted by molar-refractivity contribution is 5.76. The summed E-state index contributed by atoms with van der Waals surface area (Å²) in [7, 11) is 1.85. The van der Waals surface area contributed by atoms with Gasteiger partial charge in [0.15, 0.2) is 0 Å². The molecule has 132 valence electrons. The van der Waals surface area contributed by atoms with Crippen molar-refractivity contribution < 1.29 is 4.52 Å². The molecule has 0 atom stereocenters. The molecular weight excluding hydrogens is 316 g/mol. The van der Waals surface area contributed by atoms with E-state index in [1.54, 1.807) is 4.57 Å². The number of fused-ring (bicyclic) bond motifs is 1. The van der Waals surface area contributed by atoms with Crippen LogP contribution in [0.2, 0.25) is 0 Å². The van der Waals surface area contributed by atoms with Gasteiger partial charge in [-0.15, -0.1) is 0 Å². The van der Waals surface area contributed by atoms with Crippen molar-refractivity contribution >= 4 is 11.0 Å². The van der Waals surface area contributed by atoms with Gasteiger partial charge in [0, 0.05) is 38.3 Å². The second-order valence-corrected chi connectivity index (χ2v) is 7.01. The van der Waals surface area contributed by atoms with E-state index in [4.69, 9.17) is 4.52 Å². The summed E-state index contributed by atoms with van der Waals surface area (Å²) in [6.07, 6.45) is 1.97. The van der Waals surface area contributed by atoms with Crippen LogP contribution in [0.15, 0.2) is 33.6 Å². The summed E-state index contributed by atoms with van der Waals surface area (Å²) in [4.78, 5) is 15.1. The van der Waals surface area contributed by atoms with Gasteiger partial charge in [-0.25, -0.2) is 4.79 Å². The maximum absolute atomic E-state index is 12.7. The number of likely N-dealkylation sites (tertiary alicyclic amines) is 1. The fraction of sp³-hybridized carbons (Fsp3) is 0.474. The molecule has 4 rings (SSSR count). The molecule has 0 saturated carbocycles. The van der Waals surface area contributed by atoms with Gasteiger partial charge in [-0.1, -0.05) is 17.3 Å². The van der Waals surface area contributed by atoms with Gasteiger partial charge in [0.1, 0.15) is 5.76 Å². The highest BCUT2D eigenvalue weighted by Crippen LogP contribution is 2.27. The third-order valence-electron chi connectivity index (χ3n) is 5.48. The average molecular weight is 340 g/mol. The monoisotopic (exact) mass is 340 g/mol. The van der Waals surface area contributed by atoms with E-state index in [0.29, 0.717) is 0 Å². The molecule has 3 heterocycles. The quantitative estimate of drug-likeness (QED) is 0.736. The molecule has 0 spiro atoms. The first-order chi connectivity index (χ1) is 12.1. The predicted molar refractivity (Wildman–Crippen MR) is 96.7 cm³/mol. The highest BCUT2D eigenvalue weighted by atomic mass is 16.5. The van der Waals surface area contributed by atoms with Crippen molar-refractivity contribution in [3.8, 4) is 0 Å². The Kier molecular flexibility index (Phi) is 4.00. The van der Waals surface area contributed by atoms with Crippen molar-refractivity contribution in [2.45, 2.75) is 39.3 Å². The van der Waals surface area contributed by atoms with E-state index in [0.717, 1.165) is 55.0 Å². The van der Waals surface area contributed by atoms with Crippen LogP contribution in [0.4, 0.5) is 0 Å². The standard InChI is InChI=1S/C19H24N4O2/c1-13-16(14(2)25-20-13)12-22-10-8-15(9-11-22)23-18-7-5-4-6-17(18)21(3)19(23)24/h4-7,15H,8-12H2,1-3H3. The van der Waals surface area contributed by atoms with Crippen LogP contribution in [0.25, 0.3) is 11.0 Å². The minimum absolute atomic E-state index is 0.0883. The smallest absolute Gasteiger partial charge is 0.329 e. The Labute approximate surface area is 146 Å². The average Bonchev–Trinajstić information content (AvgIpc) is 3.07. The molecule has 0 bridgehead atoms. The summed E-state index contributed by atoms with van der Waals surface area (Å²) in [6.45, 7) is 6.79. The number of rotatable bonds is 3. The molecule has 1 aromatic carbocycles. The van der Waals surface area contributed by atoms with Crippen LogP contribution in [0.3, 0.4) is 0 Å². The lowest BCUT2D eigenvalue weighted by Gasteiger charge is -2.32. The number of benzene rings is 1. The van der Waals surface area contributed by atoms with Crippen molar-refractivity contribution in [2.24, 2.45) is 7.05 Å². The molecule has 1 saturated heterocycles. The molecule has 0 unspecified atom stereocenters. The largest absolute Gasteiger partial charge is 0.361 e. The highest BCUT2D eigenvalue weighted by Gasteiger charge is 2.25. The van der Waals surface area contributed by atoms with Crippen molar-refractivity contribution in [1.29, 1.82) is 0 Å². The number of aryl methyl sites for hydroxylation is 3. The summed E-state index contributed by atoms with van der Waals surface area (Å²) in [5.74, 6) is 0.907. The zero-order valence-electron chi connectivity index (χ0n) is 15.0. The Balaban J connectivity index is 1.53. The van der Waals surface area contributed by atoms with Crippen molar-refractivity contribution in [3.63, 3.8) is 0 Å². The van der Waals surface area contributed by atoms with Gasteiger partial charge in [0.2, 0.25) is 0 Å². The zero-order valence-corrected chi connectivity index (χ0v) is 15.0. The first-order valence-corrected chi connectivity index (χ1v) is 8.86. The van der Waals surface area contributed by atoms with Crippen molar-refractivity contribution in [2.75, 3.05) is 13.1 Å². The number of para-hydroxylation sites is 2. The third kappa shape index (κ3) is 2.70. The molecule has 6 heteroatoms. The molecule has 1 fully saturated rings. The van der Waals surface area contributed by atoms with Crippen LogP contribution in [0.1, 0.15) is 35.9 Å². The van der Waals surface area contributed by atoms with E-state index in [1.165, 1.54) is 5.56 Å². The van der Waals surface area contributed by atoms with Gasteiger partial charge >= 0.3 is 5.69 Å². The van der Waals surface area contributed by atoms with Gasteiger partial charge in [-0.3, -0.25) is 14.0 Å². The Bertz CT molecular complexity index is 938. The SMILES string of the molecule is Cc1noc(C)c1CN1CCC(n2c(=O)n(C)c3ccccc32)CC1. The second kappa shape index (κ2) is 6.19. The molecular formula is C19H24N4O2. The first kappa shape index (κ1) is 16.1. The van der Waals surface area contributed by atoms with E-state index in [1.807, 2.05) is 49.7 Å². The molecule has 2 aromatic heterocycles. The predicted octanol–water partition coefficient (Wildman–Crippen LogP) is 2.78. The summed E-state index contributed by atoms with van der Waals surface area (Å²) >= 11 is 0. The van der Waals surface area contributed by atoms with Crippen molar-refractivity contribution in [3.05, 3.63) is 51.8 Å². The Morgan fingerprint density at radius 1 is 1.16 bits per heavy atom. The molecule has 3 aromatic rings. The minimum atomic E-state index is 0.0883. The van der Waals surface area contributed by atoms with E-state index in [2.05, 4.69) is 10.1 Å². The summed E-state index contributed by atoms with van der Waals surface area (Å²) in [5.41, 5.74) is 4.31. The van der Waals surface area contributed by atoms with Gasteiger partial charge in [-0.05, 0) is 38.8 Å². The van der Waals surface area contributed by atoms with E-state index in [9.17, 15) is 4.79 Å². The second-order valence-electron chi connectivity index (χ2n) is 7.01. The van der Waals surface area contributed by atoms with Crippen LogP contribution >= 0.6 is 0 Å². The molecule has 25 heavy (non-hydrogen) atoms. The minimum Gasteiger partial charge on any atom is -0.361 e. The number of hydrogen-bond donors (Lipinski definition) is 0. The molecule has 0 aliphatic carbocycles. The number of piperidine rings is 1. The lowest BCUT2D eigenvalue weighted by atomic mass is 10.0. The van der Waals surface area contributed by atoms with E-state index < -0.39 is 0 Å². The summed E-state index contributed by atoms with van der Waals surface area (Å²) in [5, 5.41) is 4.04. The molecule has 1 aliphatic rings. The fourth-order valence-electron chi connectivity index (χ4n) is 3.96. The Morgan fingerprint density at radius 3 is 2.48 bits per heavy atom. The van der Waals surface area contributed by atoms with Gasteiger partial charge in [-0.2, -0.15) is 0 Å². The lowest BCUT2D eigenvalue weighted by molar-refractivity contribution is 0.178. The Hall–Kier alpha value is -2.34. The normalized spacial score (nSPS) is 16.8. The third-order valence-corrected chi connectivity index (χ3v) is 5.48. The topological polar surface area (TPSA) is 56.2 Å². The first-order valence-electron chi connectivity index (χ1n) is 8.86. The van der Waals surface area contributed by atoms with Crippen LogP contribution in [0, 0.1) is 13.8 Å².